The van der Waals surface area contributed by atoms with E-state index in [0.29, 0.717) is 12.2 Å². The fraction of sp³-hybridized carbons (Fsp3) is 1.00. The predicted molar refractivity (Wildman–Crippen MR) is 89.2 cm³/mol. The summed E-state index contributed by atoms with van der Waals surface area (Å²) >= 11 is 0. The number of epoxide rings is 1. The first-order valence-corrected chi connectivity index (χ1v) is 9.43. The molecule has 20 heavy (non-hydrogen) atoms. The molecule has 0 saturated carbocycles. The molecule has 0 aromatic rings. The van der Waals surface area contributed by atoms with Crippen molar-refractivity contribution in [2.75, 3.05) is 0 Å². The molecule has 0 radical (unpaired) electrons. The van der Waals surface area contributed by atoms with Crippen molar-refractivity contribution in [3.05, 3.63) is 0 Å². The number of hydrogen-bond donors (Lipinski definition) is 0. The van der Waals surface area contributed by atoms with Crippen LogP contribution in [0.3, 0.4) is 0 Å². The van der Waals surface area contributed by atoms with E-state index in [2.05, 4.69) is 20.8 Å². The van der Waals surface area contributed by atoms with Gasteiger partial charge in [0.05, 0.1) is 12.2 Å². The highest BCUT2D eigenvalue weighted by Crippen LogP contribution is 2.32. The highest BCUT2D eigenvalue weighted by Gasteiger charge is 2.36. The first-order chi connectivity index (χ1) is 9.77. The third kappa shape index (κ3) is 9.00. The second-order valence-corrected chi connectivity index (χ2v) is 6.95. The van der Waals surface area contributed by atoms with E-state index in [1.165, 1.54) is 83.5 Å². The average Bonchev–Trinajstić information content (AvgIpc) is 3.18. The quantitative estimate of drug-likeness (QED) is 0.261. The summed E-state index contributed by atoms with van der Waals surface area (Å²) in [6, 6.07) is 0. The lowest BCUT2D eigenvalue weighted by Crippen LogP contribution is -1.99. The van der Waals surface area contributed by atoms with Crippen LogP contribution >= 0.6 is 0 Å². The minimum absolute atomic E-state index is 0.629. The van der Waals surface area contributed by atoms with Crippen molar-refractivity contribution >= 4 is 0 Å². The second kappa shape index (κ2) is 11.6. The van der Waals surface area contributed by atoms with E-state index in [9.17, 15) is 0 Å². The van der Waals surface area contributed by atoms with Gasteiger partial charge in [0.2, 0.25) is 0 Å². The van der Waals surface area contributed by atoms with Crippen molar-refractivity contribution < 1.29 is 4.74 Å². The van der Waals surface area contributed by atoms with Crippen molar-refractivity contribution in [3.8, 4) is 0 Å². The minimum Gasteiger partial charge on any atom is -0.370 e. The van der Waals surface area contributed by atoms with Crippen LogP contribution in [0, 0.1) is 5.92 Å². The molecule has 1 aliphatic rings. The Hall–Kier alpha value is -0.0400. The Labute approximate surface area is 127 Å². The predicted octanol–water partition coefficient (Wildman–Crippen LogP) is 6.50. The molecule has 0 amide bonds. The zero-order chi connectivity index (χ0) is 14.6. The molecule has 0 bridgehead atoms. The summed E-state index contributed by atoms with van der Waals surface area (Å²) < 4.78 is 5.79. The molecule has 1 heterocycles. The molecule has 0 spiro atoms. The molecule has 1 rings (SSSR count). The van der Waals surface area contributed by atoms with E-state index in [1.807, 2.05) is 0 Å². The Balaban J connectivity index is 1.85. The Morgan fingerprint density at radius 2 is 1.25 bits per heavy atom. The molecule has 1 fully saturated rings. The molecule has 120 valence electrons. The normalized spacial score (nSPS) is 22.9. The van der Waals surface area contributed by atoms with E-state index in [1.54, 1.807) is 0 Å². The monoisotopic (exact) mass is 282 g/mol. The number of unbranched alkanes of at least 4 members (excludes halogenated alkanes) is 6. The lowest BCUT2D eigenvalue weighted by Gasteiger charge is -2.10. The van der Waals surface area contributed by atoms with Crippen molar-refractivity contribution in [3.63, 3.8) is 0 Å². The zero-order valence-electron chi connectivity index (χ0n) is 14.3. The van der Waals surface area contributed by atoms with Gasteiger partial charge in [0.15, 0.2) is 0 Å². The van der Waals surface area contributed by atoms with Crippen LogP contribution < -0.4 is 0 Å². The van der Waals surface area contributed by atoms with Gasteiger partial charge in [-0.1, -0.05) is 91.4 Å². The molecule has 1 saturated heterocycles. The minimum atomic E-state index is 0.629. The molecule has 1 heteroatoms. The van der Waals surface area contributed by atoms with E-state index in [-0.39, 0.29) is 0 Å². The maximum Gasteiger partial charge on any atom is 0.0841 e. The lowest BCUT2D eigenvalue weighted by molar-refractivity contribution is 0.342. The van der Waals surface area contributed by atoms with Gasteiger partial charge in [-0.25, -0.2) is 0 Å². The smallest absolute Gasteiger partial charge is 0.0841 e. The average molecular weight is 283 g/mol. The number of rotatable bonds is 14. The summed E-state index contributed by atoms with van der Waals surface area (Å²) in [5, 5.41) is 0. The SMILES string of the molecule is CCCCCCC(C)CCC[C@@H]1O[C@@H]1CCCCCC. The molecule has 1 aliphatic heterocycles. The Morgan fingerprint density at radius 1 is 0.700 bits per heavy atom. The summed E-state index contributed by atoms with van der Waals surface area (Å²) in [6.45, 7) is 7.00. The Morgan fingerprint density at radius 3 is 1.90 bits per heavy atom. The van der Waals surface area contributed by atoms with Crippen LogP contribution in [-0.2, 0) is 4.74 Å². The summed E-state index contributed by atoms with van der Waals surface area (Å²) in [7, 11) is 0. The summed E-state index contributed by atoms with van der Waals surface area (Å²) in [5.74, 6) is 0.925. The van der Waals surface area contributed by atoms with Gasteiger partial charge < -0.3 is 4.74 Å². The van der Waals surface area contributed by atoms with Crippen molar-refractivity contribution in [2.24, 2.45) is 5.92 Å². The maximum atomic E-state index is 5.79. The van der Waals surface area contributed by atoms with Crippen LogP contribution in [0.15, 0.2) is 0 Å². The number of ether oxygens (including phenoxy) is 1. The summed E-state index contributed by atoms with van der Waals surface area (Å²) in [6.07, 6.45) is 19.3. The molecule has 1 unspecified atom stereocenters. The fourth-order valence-corrected chi connectivity index (χ4v) is 3.19. The Kier molecular flexibility index (Phi) is 10.4. The van der Waals surface area contributed by atoms with Gasteiger partial charge in [0, 0.05) is 0 Å². The van der Waals surface area contributed by atoms with Crippen molar-refractivity contribution in [1.29, 1.82) is 0 Å². The van der Waals surface area contributed by atoms with E-state index in [0.717, 1.165) is 5.92 Å². The molecule has 0 aliphatic carbocycles. The topological polar surface area (TPSA) is 12.5 Å². The van der Waals surface area contributed by atoms with Gasteiger partial charge in [0.25, 0.3) is 0 Å². The van der Waals surface area contributed by atoms with Crippen LogP contribution in [0.2, 0.25) is 0 Å². The van der Waals surface area contributed by atoms with Crippen LogP contribution in [0.1, 0.15) is 104 Å². The van der Waals surface area contributed by atoms with Crippen LogP contribution in [0.4, 0.5) is 0 Å². The standard InChI is InChI=1S/C19H38O/c1-4-6-8-10-13-17(3)14-12-16-19-18(20-19)15-11-9-7-5-2/h17-19H,4-16H2,1-3H3/t17?,18-,19+/m1/s1. The first kappa shape index (κ1) is 18.0. The van der Waals surface area contributed by atoms with Crippen LogP contribution in [-0.4, -0.2) is 12.2 Å². The van der Waals surface area contributed by atoms with Gasteiger partial charge in [-0.15, -0.1) is 0 Å². The molecule has 0 N–H and O–H groups in total. The Bertz CT molecular complexity index is 214. The largest absolute Gasteiger partial charge is 0.370 e. The summed E-state index contributed by atoms with van der Waals surface area (Å²) in [4.78, 5) is 0. The lowest BCUT2D eigenvalue weighted by atomic mass is 9.96. The van der Waals surface area contributed by atoms with Crippen LogP contribution in [0.5, 0.6) is 0 Å². The number of hydrogen-bond acceptors (Lipinski definition) is 1. The third-order valence-corrected chi connectivity index (χ3v) is 4.77. The zero-order valence-corrected chi connectivity index (χ0v) is 14.3. The second-order valence-electron chi connectivity index (χ2n) is 6.95. The first-order valence-electron chi connectivity index (χ1n) is 9.43. The summed E-state index contributed by atoms with van der Waals surface area (Å²) in [5.41, 5.74) is 0. The fourth-order valence-electron chi connectivity index (χ4n) is 3.19. The maximum absolute atomic E-state index is 5.79. The third-order valence-electron chi connectivity index (χ3n) is 4.77. The van der Waals surface area contributed by atoms with Crippen molar-refractivity contribution in [2.45, 2.75) is 116 Å². The molecule has 0 aromatic carbocycles. The molecular weight excluding hydrogens is 244 g/mol. The molecule has 1 nitrogen and oxygen atoms in total. The van der Waals surface area contributed by atoms with Gasteiger partial charge in [-0.05, 0) is 18.8 Å². The van der Waals surface area contributed by atoms with E-state index >= 15 is 0 Å². The van der Waals surface area contributed by atoms with Crippen molar-refractivity contribution in [1.82, 2.24) is 0 Å². The van der Waals surface area contributed by atoms with Crippen LogP contribution in [0.25, 0.3) is 0 Å². The highest BCUT2D eigenvalue weighted by atomic mass is 16.6. The van der Waals surface area contributed by atoms with Gasteiger partial charge in [-0.3, -0.25) is 0 Å². The molecule has 3 atom stereocenters. The molecular formula is C19H38O. The van der Waals surface area contributed by atoms with E-state index in [4.69, 9.17) is 4.74 Å². The van der Waals surface area contributed by atoms with Gasteiger partial charge in [0.1, 0.15) is 0 Å². The highest BCUT2D eigenvalue weighted by molar-refractivity contribution is 4.84. The molecule has 0 aromatic heterocycles. The van der Waals surface area contributed by atoms with E-state index < -0.39 is 0 Å². The van der Waals surface area contributed by atoms with Gasteiger partial charge >= 0.3 is 0 Å². The van der Waals surface area contributed by atoms with Gasteiger partial charge in [-0.2, -0.15) is 0 Å².